The van der Waals surface area contributed by atoms with Gasteiger partial charge in [-0.2, -0.15) is 0 Å². The van der Waals surface area contributed by atoms with Gasteiger partial charge in [-0.15, -0.1) is 0 Å². The van der Waals surface area contributed by atoms with Crippen molar-refractivity contribution in [1.29, 1.82) is 0 Å². The van der Waals surface area contributed by atoms with Crippen molar-refractivity contribution in [3.8, 4) is 5.75 Å². The maximum absolute atomic E-state index is 13.2. The number of anilines is 2. The fourth-order valence-corrected chi connectivity index (χ4v) is 2.77. The molecule has 1 aliphatic heterocycles. The summed E-state index contributed by atoms with van der Waals surface area (Å²) in [7, 11) is 1.55. The summed E-state index contributed by atoms with van der Waals surface area (Å²) in [6.07, 6.45) is 0.0374. The summed E-state index contributed by atoms with van der Waals surface area (Å²) in [5.41, 5.74) is 0.691. The largest absolute Gasteiger partial charge is 0.497 e. The Morgan fingerprint density at radius 1 is 1.16 bits per heavy atom. The molecule has 2 aromatic rings. The minimum absolute atomic E-state index is 0.0258. The third-order valence-electron chi connectivity index (χ3n) is 4.01. The highest BCUT2D eigenvalue weighted by Crippen LogP contribution is 2.27. The van der Waals surface area contributed by atoms with Crippen LogP contribution in [0.3, 0.4) is 0 Å². The summed E-state index contributed by atoms with van der Waals surface area (Å²) in [5.74, 6) is -2.13. The van der Waals surface area contributed by atoms with E-state index in [-0.39, 0.29) is 24.6 Å². The number of carbonyl (C=O) groups is 2. The molecule has 0 radical (unpaired) electrons. The molecule has 25 heavy (non-hydrogen) atoms. The summed E-state index contributed by atoms with van der Waals surface area (Å²) < 4.78 is 31.5. The molecule has 1 atom stereocenters. The van der Waals surface area contributed by atoms with E-state index in [1.807, 2.05) is 0 Å². The van der Waals surface area contributed by atoms with Crippen LogP contribution >= 0.6 is 0 Å². The highest BCUT2D eigenvalue weighted by Gasteiger charge is 2.35. The van der Waals surface area contributed by atoms with Crippen molar-refractivity contribution in [2.24, 2.45) is 5.92 Å². The van der Waals surface area contributed by atoms with E-state index in [0.717, 1.165) is 18.2 Å². The molecule has 2 amide bonds. The molecule has 0 bridgehead atoms. The van der Waals surface area contributed by atoms with Crippen molar-refractivity contribution >= 4 is 23.2 Å². The average Bonchev–Trinajstić information content (AvgIpc) is 2.96. The Hall–Kier alpha value is -2.96. The third kappa shape index (κ3) is 3.76. The Balaban J connectivity index is 1.69. The van der Waals surface area contributed by atoms with E-state index in [9.17, 15) is 18.4 Å². The molecule has 0 spiro atoms. The fourth-order valence-electron chi connectivity index (χ4n) is 2.77. The zero-order valence-corrected chi connectivity index (χ0v) is 13.5. The van der Waals surface area contributed by atoms with Gasteiger partial charge in [0, 0.05) is 30.4 Å². The molecule has 0 unspecified atom stereocenters. The van der Waals surface area contributed by atoms with Crippen LogP contribution in [0, 0.1) is 17.6 Å². The summed E-state index contributed by atoms with van der Waals surface area (Å²) in [6, 6.07) is 9.70. The molecule has 1 heterocycles. The van der Waals surface area contributed by atoms with E-state index < -0.39 is 23.5 Å². The lowest BCUT2D eigenvalue weighted by Gasteiger charge is -2.17. The number of rotatable bonds is 4. The maximum Gasteiger partial charge on any atom is 0.229 e. The quantitative estimate of drug-likeness (QED) is 0.926. The van der Waals surface area contributed by atoms with E-state index in [4.69, 9.17) is 4.74 Å². The van der Waals surface area contributed by atoms with Crippen molar-refractivity contribution in [3.63, 3.8) is 0 Å². The molecule has 7 heteroatoms. The van der Waals surface area contributed by atoms with Gasteiger partial charge in [0.15, 0.2) is 0 Å². The number of hydrogen-bond acceptors (Lipinski definition) is 3. The van der Waals surface area contributed by atoms with Gasteiger partial charge in [0.05, 0.1) is 13.0 Å². The van der Waals surface area contributed by atoms with Crippen molar-refractivity contribution < 1.29 is 23.1 Å². The second-order valence-electron chi connectivity index (χ2n) is 5.75. The lowest BCUT2D eigenvalue weighted by Crippen LogP contribution is -2.28. The summed E-state index contributed by atoms with van der Waals surface area (Å²) in [4.78, 5) is 26.0. The Labute approximate surface area is 143 Å². The zero-order chi connectivity index (χ0) is 18.0. The van der Waals surface area contributed by atoms with Crippen LogP contribution in [-0.4, -0.2) is 25.5 Å². The number of carbonyl (C=O) groups excluding carboxylic acids is 2. The van der Waals surface area contributed by atoms with E-state index in [1.165, 1.54) is 4.90 Å². The van der Waals surface area contributed by atoms with Gasteiger partial charge in [-0.1, -0.05) is 0 Å². The van der Waals surface area contributed by atoms with Gasteiger partial charge in [0.25, 0.3) is 0 Å². The standard InChI is InChI=1S/C18H16F2N2O3/c1-25-16-4-2-15(3-5-16)22-10-11(6-17(22)23)18(24)21-14-8-12(19)7-13(20)9-14/h2-5,7-9,11H,6,10H2,1H3,(H,21,24)/t11-/m0/s1. The van der Waals surface area contributed by atoms with Gasteiger partial charge >= 0.3 is 0 Å². The van der Waals surface area contributed by atoms with Crippen LogP contribution in [0.2, 0.25) is 0 Å². The molecule has 130 valence electrons. The summed E-state index contributed by atoms with van der Waals surface area (Å²) in [6.45, 7) is 0.203. The molecule has 2 aromatic carbocycles. The topological polar surface area (TPSA) is 58.6 Å². The zero-order valence-electron chi connectivity index (χ0n) is 13.5. The number of benzene rings is 2. The second-order valence-corrected chi connectivity index (χ2v) is 5.75. The summed E-state index contributed by atoms with van der Waals surface area (Å²) >= 11 is 0. The van der Waals surface area contributed by atoms with Crippen LogP contribution < -0.4 is 15.0 Å². The Kier molecular flexibility index (Phi) is 4.65. The van der Waals surface area contributed by atoms with Crippen molar-refractivity contribution in [2.75, 3.05) is 23.9 Å². The van der Waals surface area contributed by atoms with Gasteiger partial charge in [-0.25, -0.2) is 8.78 Å². The van der Waals surface area contributed by atoms with Crippen molar-refractivity contribution in [3.05, 3.63) is 54.1 Å². The molecule has 1 saturated heterocycles. The molecule has 0 saturated carbocycles. The van der Waals surface area contributed by atoms with E-state index in [2.05, 4.69) is 5.32 Å². The number of amides is 2. The third-order valence-corrected chi connectivity index (χ3v) is 4.01. The molecule has 5 nitrogen and oxygen atoms in total. The Morgan fingerprint density at radius 2 is 1.80 bits per heavy atom. The van der Waals surface area contributed by atoms with Crippen molar-refractivity contribution in [1.82, 2.24) is 0 Å². The molecule has 1 fully saturated rings. The highest BCUT2D eigenvalue weighted by molar-refractivity contribution is 6.03. The lowest BCUT2D eigenvalue weighted by molar-refractivity contribution is -0.122. The average molecular weight is 346 g/mol. The normalized spacial score (nSPS) is 16.8. The summed E-state index contributed by atoms with van der Waals surface area (Å²) in [5, 5.41) is 2.46. The maximum atomic E-state index is 13.2. The first kappa shape index (κ1) is 16.9. The van der Waals surface area contributed by atoms with Crippen LogP contribution in [0.4, 0.5) is 20.2 Å². The number of nitrogens with one attached hydrogen (secondary N) is 1. The van der Waals surface area contributed by atoms with Gasteiger partial charge in [0.1, 0.15) is 17.4 Å². The number of ether oxygens (including phenoxy) is 1. The second kappa shape index (κ2) is 6.88. The SMILES string of the molecule is COc1ccc(N2C[C@@H](C(=O)Nc3cc(F)cc(F)c3)CC2=O)cc1. The van der Waals surface area contributed by atoms with Crippen LogP contribution in [0.25, 0.3) is 0 Å². The first-order chi connectivity index (χ1) is 12.0. The molecule has 1 N–H and O–H groups in total. The van der Waals surface area contributed by atoms with Crippen LogP contribution in [0.5, 0.6) is 5.75 Å². The Bertz CT molecular complexity index is 788. The van der Waals surface area contributed by atoms with Crippen LogP contribution in [0.1, 0.15) is 6.42 Å². The minimum atomic E-state index is -0.780. The predicted octanol–water partition coefficient (Wildman–Crippen LogP) is 2.97. The molecule has 3 rings (SSSR count). The van der Waals surface area contributed by atoms with Crippen molar-refractivity contribution in [2.45, 2.75) is 6.42 Å². The van der Waals surface area contributed by atoms with E-state index in [0.29, 0.717) is 11.4 Å². The van der Waals surface area contributed by atoms with Gasteiger partial charge < -0.3 is 15.0 Å². The fraction of sp³-hybridized carbons (Fsp3) is 0.222. The number of methoxy groups -OCH3 is 1. The van der Waals surface area contributed by atoms with E-state index >= 15 is 0 Å². The molecule has 1 aliphatic rings. The number of halogens is 2. The predicted molar refractivity (Wildman–Crippen MR) is 88.4 cm³/mol. The molecular formula is C18H16F2N2O3. The first-order valence-electron chi connectivity index (χ1n) is 7.67. The van der Waals surface area contributed by atoms with Crippen LogP contribution in [0.15, 0.2) is 42.5 Å². The van der Waals surface area contributed by atoms with Gasteiger partial charge in [-0.05, 0) is 36.4 Å². The number of hydrogen-bond donors (Lipinski definition) is 1. The van der Waals surface area contributed by atoms with Gasteiger partial charge in [0.2, 0.25) is 11.8 Å². The van der Waals surface area contributed by atoms with E-state index in [1.54, 1.807) is 31.4 Å². The molecule has 0 aromatic heterocycles. The van der Waals surface area contributed by atoms with Gasteiger partial charge in [-0.3, -0.25) is 9.59 Å². The molecular weight excluding hydrogens is 330 g/mol. The lowest BCUT2D eigenvalue weighted by atomic mass is 10.1. The van der Waals surface area contributed by atoms with Crippen LogP contribution in [-0.2, 0) is 9.59 Å². The smallest absolute Gasteiger partial charge is 0.229 e. The number of nitrogens with zero attached hydrogens (tertiary/aromatic N) is 1. The first-order valence-corrected chi connectivity index (χ1v) is 7.67. The highest BCUT2D eigenvalue weighted by atomic mass is 19.1. The monoisotopic (exact) mass is 346 g/mol. The Morgan fingerprint density at radius 3 is 2.40 bits per heavy atom. The minimum Gasteiger partial charge on any atom is -0.497 e. The molecule has 0 aliphatic carbocycles.